The van der Waals surface area contributed by atoms with Crippen molar-refractivity contribution < 1.29 is 9.53 Å². The SMILES string of the molecule is CCc1nccn1CC(=O)N1CC(Oc2ccccc2Cl)C1. The van der Waals surface area contributed by atoms with Gasteiger partial charge in [0.2, 0.25) is 5.91 Å². The Balaban J connectivity index is 1.51. The maximum Gasteiger partial charge on any atom is 0.242 e. The Kier molecular flexibility index (Phi) is 4.34. The summed E-state index contributed by atoms with van der Waals surface area (Å²) in [5.74, 6) is 1.69. The fourth-order valence-electron chi connectivity index (χ4n) is 2.48. The number of hydrogen-bond donors (Lipinski definition) is 0. The number of imidazole rings is 1. The van der Waals surface area contributed by atoms with E-state index in [1.165, 1.54) is 0 Å². The molecule has 0 spiro atoms. The molecule has 3 rings (SSSR count). The first-order valence-electron chi connectivity index (χ1n) is 7.36. The van der Waals surface area contributed by atoms with Gasteiger partial charge in [0.05, 0.1) is 18.1 Å². The van der Waals surface area contributed by atoms with Crippen LogP contribution in [0.25, 0.3) is 0 Å². The van der Waals surface area contributed by atoms with Crippen molar-refractivity contribution in [2.45, 2.75) is 26.0 Å². The molecule has 2 heterocycles. The average Bonchev–Trinajstić information content (AvgIpc) is 2.91. The molecule has 2 aromatic rings. The lowest BCUT2D eigenvalue weighted by Gasteiger charge is -2.39. The Labute approximate surface area is 134 Å². The number of halogens is 1. The summed E-state index contributed by atoms with van der Waals surface area (Å²) in [4.78, 5) is 18.2. The number of carbonyl (C=O) groups is 1. The third-order valence-electron chi connectivity index (χ3n) is 3.75. The van der Waals surface area contributed by atoms with Gasteiger partial charge < -0.3 is 14.2 Å². The van der Waals surface area contributed by atoms with Crippen molar-refractivity contribution in [3.63, 3.8) is 0 Å². The molecule has 1 aromatic heterocycles. The quantitative estimate of drug-likeness (QED) is 0.850. The molecular weight excluding hydrogens is 302 g/mol. The summed E-state index contributed by atoms with van der Waals surface area (Å²) in [6.45, 7) is 3.56. The van der Waals surface area contributed by atoms with Gasteiger partial charge in [0.15, 0.2) is 0 Å². The van der Waals surface area contributed by atoms with E-state index in [1.807, 2.05) is 35.9 Å². The number of aryl methyl sites for hydroxylation is 1. The van der Waals surface area contributed by atoms with Crippen LogP contribution in [0.3, 0.4) is 0 Å². The third-order valence-corrected chi connectivity index (χ3v) is 4.07. The van der Waals surface area contributed by atoms with Crippen LogP contribution in [0, 0.1) is 0 Å². The standard InChI is InChI=1S/C16H18ClN3O2/c1-2-15-18-7-8-19(15)11-16(21)20-9-12(10-20)22-14-6-4-3-5-13(14)17/h3-8,12H,2,9-11H2,1H3. The van der Waals surface area contributed by atoms with Gasteiger partial charge in [-0.25, -0.2) is 4.98 Å². The van der Waals surface area contributed by atoms with Crippen LogP contribution >= 0.6 is 11.6 Å². The van der Waals surface area contributed by atoms with Crippen LogP contribution in [0.2, 0.25) is 5.02 Å². The molecule has 0 saturated carbocycles. The van der Waals surface area contributed by atoms with E-state index in [9.17, 15) is 4.79 Å². The van der Waals surface area contributed by atoms with Crippen molar-refractivity contribution in [1.82, 2.24) is 14.5 Å². The predicted octanol–water partition coefficient (Wildman–Crippen LogP) is 2.39. The number of nitrogens with zero attached hydrogens (tertiary/aromatic N) is 3. The molecule has 116 valence electrons. The van der Waals surface area contributed by atoms with Crippen molar-refractivity contribution in [3.05, 3.63) is 47.5 Å². The first-order valence-corrected chi connectivity index (χ1v) is 7.74. The second kappa shape index (κ2) is 6.40. The number of likely N-dealkylation sites (tertiary alicyclic amines) is 1. The number of ether oxygens (including phenoxy) is 1. The molecule has 0 bridgehead atoms. The normalized spacial score (nSPS) is 14.7. The fraction of sp³-hybridized carbons (Fsp3) is 0.375. The van der Waals surface area contributed by atoms with E-state index in [0.717, 1.165) is 12.2 Å². The van der Waals surface area contributed by atoms with Crippen LogP contribution < -0.4 is 4.74 Å². The number of amides is 1. The van der Waals surface area contributed by atoms with Gasteiger partial charge in [0.1, 0.15) is 24.2 Å². The van der Waals surface area contributed by atoms with Gasteiger partial charge in [-0.3, -0.25) is 4.79 Å². The highest BCUT2D eigenvalue weighted by Crippen LogP contribution is 2.26. The average molecular weight is 320 g/mol. The van der Waals surface area contributed by atoms with Crippen LogP contribution in [0.4, 0.5) is 0 Å². The maximum absolute atomic E-state index is 12.2. The monoisotopic (exact) mass is 319 g/mol. The van der Waals surface area contributed by atoms with Gasteiger partial charge in [0, 0.05) is 18.8 Å². The molecule has 1 aliphatic rings. The minimum absolute atomic E-state index is 0.0114. The van der Waals surface area contributed by atoms with E-state index in [4.69, 9.17) is 16.3 Å². The largest absolute Gasteiger partial charge is 0.485 e. The molecule has 1 aliphatic heterocycles. The summed E-state index contributed by atoms with van der Waals surface area (Å²) >= 11 is 6.06. The Morgan fingerprint density at radius 3 is 2.91 bits per heavy atom. The minimum atomic E-state index is 0.0114. The molecule has 22 heavy (non-hydrogen) atoms. The number of carbonyl (C=O) groups excluding carboxylic acids is 1. The Morgan fingerprint density at radius 2 is 2.18 bits per heavy atom. The van der Waals surface area contributed by atoms with E-state index in [0.29, 0.717) is 30.4 Å². The second-order valence-electron chi connectivity index (χ2n) is 5.29. The van der Waals surface area contributed by atoms with Crippen LogP contribution in [0.15, 0.2) is 36.7 Å². The summed E-state index contributed by atoms with van der Waals surface area (Å²) < 4.78 is 7.69. The van der Waals surface area contributed by atoms with Crippen molar-refractivity contribution in [2.75, 3.05) is 13.1 Å². The molecule has 1 fully saturated rings. The van der Waals surface area contributed by atoms with Gasteiger partial charge in [-0.15, -0.1) is 0 Å². The smallest absolute Gasteiger partial charge is 0.242 e. The number of rotatable bonds is 5. The van der Waals surface area contributed by atoms with E-state index in [1.54, 1.807) is 17.2 Å². The third kappa shape index (κ3) is 3.09. The second-order valence-corrected chi connectivity index (χ2v) is 5.70. The van der Waals surface area contributed by atoms with Crippen molar-refractivity contribution in [3.8, 4) is 5.75 Å². The number of benzene rings is 1. The molecule has 0 aliphatic carbocycles. The summed E-state index contributed by atoms with van der Waals surface area (Å²) in [6.07, 6.45) is 4.40. The zero-order chi connectivity index (χ0) is 15.5. The minimum Gasteiger partial charge on any atom is -0.485 e. The lowest BCUT2D eigenvalue weighted by molar-refractivity contribution is -0.140. The topological polar surface area (TPSA) is 47.4 Å². The van der Waals surface area contributed by atoms with Gasteiger partial charge in [-0.2, -0.15) is 0 Å². The van der Waals surface area contributed by atoms with Crippen molar-refractivity contribution >= 4 is 17.5 Å². The highest BCUT2D eigenvalue weighted by atomic mass is 35.5. The van der Waals surface area contributed by atoms with Gasteiger partial charge in [-0.05, 0) is 12.1 Å². The highest BCUT2D eigenvalue weighted by molar-refractivity contribution is 6.32. The molecule has 0 atom stereocenters. The Bertz CT molecular complexity index is 665. The number of hydrogen-bond acceptors (Lipinski definition) is 3. The molecule has 5 nitrogen and oxygen atoms in total. The first kappa shape index (κ1) is 14.9. The van der Waals surface area contributed by atoms with Crippen LogP contribution in [-0.4, -0.2) is 39.6 Å². The zero-order valence-electron chi connectivity index (χ0n) is 12.4. The molecule has 6 heteroatoms. The molecule has 0 N–H and O–H groups in total. The summed E-state index contributed by atoms with van der Waals surface area (Å²) in [7, 11) is 0. The molecular formula is C16H18ClN3O2. The van der Waals surface area contributed by atoms with Gasteiger partial charge in [-0.1, -0.05) is 30.7 Å². The van der Waals surface area contributed by atoms with E-state index >= 15 is 0 Å². The number of para-hydroxylation sites is 1. The summed E-state index contributed by atoms with van der Waals surface area (Å²) in [5.41, 5.74) is 0. The van der Waals surface area contributed by atoms with Crippen LogP contribution in [0.5, 0.6) is 5.75 Å². The van der Waals surface area contributed by atoms with Crippen molar-refractivity contribution in [1.29, 1.82) is 0 Å². The molecule has 1 amide bonds. The zero-order valence-corrected chi connectivity index (χ0v) is 13.2. The molecule has 0 unspecified atom stereocenters. The first-order chi connectivity index (χ1) is 10.7. The summed E-state index contributed by atoms with van der Waals surface area (Å²) in [5, 5.41) is 0.596. The fourth-order valence-corrected chi connectivity index (χ4v) is 2.66. The maximum atomic E-state index is 12.2. The Hall–Kier alpha value is -2.01. The van der Waals surface area contributed by atoms with E-state index in [2.05, 4.69) is 4.98 Å². The Morgan fingerprint density at radius 1 is 1.41 bits per heavy atom. The molecule has 1 aromatic carbocycles. The van der Waals surface area contributed by atoms with Crippen LogP contribution in [0.1, 0.15) is 12.7 Å². The lowest BCUT2D eigenvalue weighted by atomic mass is 10.1. The highest BCUT2D eigenvalue weighted by Gasteiger charge is 2.32. The molecule has 0 radical (unpaired) electrons. The van der Waals surface area contributed by atoms with Gasteiger partial charge >= 0.3 is 0 Å². The summed E-state index contributed by atoms with van der Waals surface area (Å²) in [6, 6.07) is 7.38. The van der Waals surface area contributed by atoms with Crippen LogP contribution in [-0.2, 0) is 17.8 Å². The van der Waals surface area contributed by atoms with Crippen molar-refractivity contribution in [2.24, 2.45) is 0 Å². The van der Waals surface area contributed by atoms with Gasteiger partial charge in [0.25, 0.3) is 0 Å². The van der Waals surface area contributed by atoms with E-state index in [-0.39, 0.29) is 12.0 Å². The number of aromatic nitrogens is 2. The molecule has 1 saturated heterocycles. The lowest BCUT2D eigenvalue weighted by Crippen LogP contribution is -2.56. The van der Waals surface area contributed by atoms with E-state index < -0.39 is 0 Å². The predicted molar refractivity (Wildman–Crippen MR) is 84.1 cm³/mol.